The lowest BCUT2D eigenvalue weighted by molar-refractivity contribution is 0.236. The van der Waals surface area contributed by atoms with Crippen molar-refractivity contribution in [2.75, 3.05) is 24.3 Å². The number of hydrogen-bond acceptors (Lipinski definition) is 4. The predicted molar refractivity (Wildman–Crippen MR) is 75.8 cm³/mol. The molecule has 2 N–H and O–H groups in total. The number of amides is 2. The molecule has 0 aliphatic carbocycles. The summed E-state index contributed by atoms with van der Waals surface area (Å²) in [6.45, 7) is 4.64. The van der Waals surface area contributed by atoms with Crippen molar-refractivity contribution in [3.05, 3.63) is 0 Å². The van der Waals surface area contributed by atoms with E-state index in [-0.39, 0.29) is 28.3 Å². The summed E-state index contributed by atoms with van der Waals surface area (Å²) in [5.74, 6) is 0.304. The van der Waals surface area contributed by atoms with E-state index in [2.05, 4.69) is 10.6 Å². The predicted octanol–water partition coefficient (Wildman–Crippen LogP) is 1.00. The highest BCUT2D eigenvalue weighted by Gasteiger charge is 2.26. The summed E-state index contributed by atoms with van der Waals surface area (Å²) in [4.78, 5) is 11.7. The number of nitrogens with one attached hydrogen (secondary N) is 2. The van der Waals surface area contributed by atoms with Crippen LogP contribution in [0.5, 0.6) is 0 Å². The third-order valence-corrected chi connectivity index (χ3v) is 6.10. The van der Waals surface area contributed by atoms with Crippen molar-refractivity contribution in [3.8, 4) is 0 Å². The van der Waals surface area contributed by atoms with Gasteiger partial charge in [-0.05, 0) is 32.9 Å². The summed E-state index contributed by atoms with van der Waals surface area (Å²) in [7, 11) is -2.97. The van der Waals surface area contributed by atoms with Gasteiger partial charge in [0.1, 0.15) is 0 Å². The first-order valence-electron chi connectivity index (χ1n) is 6.04. The standard InChI is InChI=1S/C11H22N2O3S2/c1-11(2,17-3)8-12-10(14)13-9-5-4-6-18(15,16)7-9/h9H,4-8H2,1-3H3,(H2,12,13,14)/t9-/m1/s1. The Morgan fingerprint density at radius 3 is 2.67 bits per heavy atom. The number of sulfone groups is 1. The van der Waals surface area contributed by atoms with E-state index in [0.29, 0.717) is 13.0 Å². The summed E-state index contributed by atoms with van der Waals surface area (Å²) in [6, 6.07) is -0.527. The van der Waals surface area contributed by atoms with Gasteiger partial charge in [-0.1, -0.05) is 0 Å². The van der Waals surface area contributed by atoms with Gasteiger partial charge in [0, 0.05) is 17.3 Å². The molecule has 0 aromatic rings. The number of carbonyl (C=O) groups excluding carboxylic acids is 1. The van der Waals surface area contributed by atoms with E-state index in [1.54, 1.807) is 11.8 Å². The average Bonchev–Trinajstić information content (AvgIpc) is 2.25. The Kier molecular flexibility index (Phi) is 5.33. The fourth-order valence-electron chi connectivity index (χ4n) is 1.74. The van der Waals surface area contributed by atoms with Crippen LogP contribution in [-0.2, 0) is 9.84 Å². The van der Waals surface area contributed by atoms with Crippen LogP contribution in [0.15, 0.2) is 0 Å². The van der Waals surface area contributed by atoms with Crippen LogP contribution in [0.1, 0.15) is 26.7 Å². The maximum absolute atomic E-state index is 11.7. The van der Waals surface area contributed by atoms with Gasteiger partial charge in [-0.2, -0.15) is 11.8 Å². The Bertz CT molecular complexity index is 393. The second-order valence-electron chi connectivity index (χ2n) is 5.24. The molecule has 7 heteroatoms. The van der Waals surface area contributed by atoms with Gasteiger partial charge in [-0.15, -0.1) is 0 Å². The van der Waals surface area contributed by atoms with Gasteiger partial charge in [-0.25, -0.2) is 13.2 Å². The molecule has 0 aromatic heterocycles. The van der Waals surface area contributed by atoms with Crippen molar-refractivity contribution in [2.24, 2.45) is 0 Å². The van der Waals surface area contributed by atoms with E-state index in [4.69, 9.17) is 0 Å². The summed E-state index contributed by atoms with van der Waals surface area (Å²) in [5, 5.41) is 5.52. The molecule has 1 rings (SSSR count). The first-order chi connectivity index (χ1) is 8.24. The summed E-state index contributed by atoms with van der Waals surface area (Å²) in [5.41, 5.74) is 0. The summed E-state index contributed by atoms with van der Waals surface area (Å²) < 4.78 is 22.8. The number of urea groups is 1. The fraction of sp³-hybridized carbons (Fsp3) is 0.909. The van der Waals surface area contributed by atoms with Crippen LogP contribution in [0.3, 0.4) is 0 Å². The molecule has 1 heterocycles. The largest absolute Gasteiger partial charge is 0.337 e. The lowest BCUT2D eigenvalue weighted by Crippen LogP contribution is -2.49. The zero-order valence-corrected chi connectivity index (χ0v) is 12.8. The monoisotopic (exact) mass is 294 g/mol. The van der Waals surface area contributed by atoms with Crippen molar-refractivity contribution < 1.29 is 13.2 Å². The summed E-state index contributed by atoms with van der Waals surface area (Å²) in [6.07, 6.45) is 3.36. The van der Waals surface area contributed by atoms with Crippen molar-refractivity contribution >= 4 is 27.6 Å². The highest BCUT2D eigenvalue weighted by Crippen LogP contribution is 2.19. The molecule has 0 unspecified atom stereocenters. The van der Waals surface area contributed by atoms with Gasteiger partial charge in [-0.3, -0.25) is 0 Å². The molecule has 1 aliphatic rings. The molecule has 2 amide bonds. The first-order valence-corrected chi connectivity index (χ1v) is 9.09. The molecular weight excluding hydrogens is 272 g/mol. The minimum absolute atomic E-state index is 0.0179. The number of rotatable bonds is 4. The smallest absolute Gasteiger partial charge is 0.315 e. The second-order valence-corrected chi connectivity index (χ2v) is 8.99. The van der Waals surface area contributed by atoms with Gasteiger partial charge in [0.2, 0.25) is 0 Å². The molecule has 106 valence electrons. The van der Waals surface area contributed by atoms with E-state index in [9.17, 15) is 13.2 Å². The van der Waals surface area contributed by atoms with E-state index >= 15 is 0 Å². The maximum Gasteiger partial charge on any atom is 0.315 e. The van der Waals surface area contributed by atoms with Gasteiger partial charge in [0.25, 0.3) is 0 Å². The van der Waals surface area contributed by atoms with Crippen LogP contribution in [-0.4, -0.2) is 49.5 Å². The van der Waals surface area contributed by atoms with Crippen LogP contribution in [0, 0.1) is 0 Å². The molecule has 18 heavy (non-hydrogen) atoms. The van der Waals surface area contributed by atoms with E-state index < -0.39 is 9.84 Å². The minimum atomic E-state index is -2.97. The van der Waals surface area contributed by atoms with Crippen LogP contribution >= 0.6 is 11.8 Å². The van der Waals surface area contributed by atoms with Crippen LogP contribution in [0.4, 0.5) is 4.79 Å². The molecule has 0 spiro atoms. The fourth-order valence-corrected chi connectivity index (χ4v) is 3.59. The lowest BCUT2D eigenvalue weighted by atomic mass is 10.2. The molecule has 1 saturated heterocycles. The van der Waals surface area contributed by atoms with Crippen LogP contribution < -0.4 is 10.6 Å². The summed E-state index contributed by atoms with van der Waals surface area (Å²) >= 11 is 1.68. The first kappa shape index (κ1) is 15.6. The number of carbonyl (C=O) groups is 1. The Balaban J connectivity index is 2.37. The Morgan fingerprint density at radius 2 is 2.11 bits per heavy atom. The second kappa shape index (κ2) is 6.14. The highest BCUT2D eigenvalue weighted by atomic mass is 32.2. The third kappa shape index (κ3) is 5.48. The average molecular weight is 294 g/mol. The SMILES string of the molecule is CSC(C)(C)CNC(=O)N[C@@H]1CCCS(=O)(=O)C1. The zero-order valence-electron chi connectivity index (χ0n) is 11.2. The number of thioether (sulfide) groups is 1. The molecule has 0 aromatic carbocycles. The molecule has 0 bridgehead atoms. The minimum Gasteiger partial charge on any atom is -0.337 e. The molecule has 1 atom stereocenters. The molecule has 1 aliphatic heterocycles. The molecule has 0 saturated carbocycles. The molecular formula is C11H22N2O3S2. The van der Waals surface area contributed by atoms with Crippen molar-refractivity contribution in [2.45, 2.75) is 37.5 Å². The normalized spacial score (nSPS) is 23.4. The topological polar surface area (TPSA) is 75.3 Å². The third-order valence-electron chi connectivity index (χ3n) is 3.03. The number of hydrogen-bond donors (Lipinski definition) is 2. The van der Waals surface area contributed by atoms with Gasteiger partial charge >= 0.3 is 6.03 Å². The van der Waals surface area contributed by atoms with E-state index in [1.165, 1.54) is 0 Å². The Labute approximate surface area is 113 Å². The van der Waals surface area contributed by atoms with Crippen molar-refractivity contribution in [1.82, 2.24) is 10.6 Å². The Morgan fingerprint density at radius 1 is 1.44 bits per heavy atom. The van der Waals surface area contributed by atoms with Gasteiger partial charge in [0.05, 0.1) is 11.5 Å². The van der Waals surface area contributed by atoms with Gasteiger partial charge in [0.15, 0.2) is 9.84 Å². The Hall–Kier alpha value is -0.430. The van der Waals surface area contributed by atoms with Crippen LogP contribution in [0.2, 0.25) is 0 Å². The van der Waals surface area contributed by atoms with E-state index in [0.717, 1.165) is 6.42 Å². The van der Waals surface area contributed by atoms with Crippen LogP contribution in [0.25, 0.3) is 0 Å². The molecule has 1 fully saturated rings. The molecule has 0 radical (unpaired) electrons. The highest BCUT2D eigenvalue weighted by molar-refractivity contribution is 7.99. The van der Waals surface area contributed by atoms with Crippen molar-refractivity contribution in [3.63, 3.8) is 0 Å². The van der Waals surface area contributed by atoms with Gasteiger partial charge < -0.3 is 10.6 Å². The van der Waals surface area contributed by atoms with Crippen molar-refractivity contribution in [1.29, 1.82) is 0 Å². The quantitative estimate of drug-likeness (QED) is 0.811. The maximum atomic E-state index is 11.7. The molecule has 5 nitrogen and oxygen atoms in total. The lowest BCUT2D eigenvalue weighted by Gasteiger charge is -2.25. The zero-order chi connectivity index (χ0) is 13.8. The van der Waals surface area contributed by atoms with E-state index in [1.807, 2.05) is 20.1 Å².